The molecule has 0 unspecified atom stereocenters. The van der Waals surface area contributed by atoms with Gasteiger partial charge in [-0.2, -0.15) is 0 Å². The first-order chi connectivity index (χ1) is 14.4. The second-order valence-corrected chi connectivity index (χ2v) is 9.40. The minimum Gasteiger partial charge on any atom is -0.366 e. The number of primary amides is 1. The summed E-state index contributed by atoms with van der Waals surface area (Å²) >= 11 is 3.99. The number of rotatable bonds is 6. The molecular weight excluding hydrogens is 443 g/mol. The number of fused-ring (bicyclic) bond motifs is 1. The lowest BCUT2D eigenvalue weighted by Gasteiger charge is -2.12. The zero-order valence-corrected chi connectivity index (χ0v) is 18.0. The molecule has 2 amide bonds. The number of hydrogen-bond acceptors (Lipinski definition) is 7. The Bertz CT molecular complexity index is 1240. The fourth-order valence-corrected chi connectivity index (χ4v) is 5.52. The van der Waals surface area contributed by atoms with Crippen molar-refractivity contribution in [1.82, 2.24) is 9.97 Å². The van der Waals surface area contributed by atoms with Crippen LogP contribution in [-0.4, -0.2) is 27.0 Å². The number of thiophene rings is 2. The van der Waals surface area contributed by atoms with Crippen LogP contribution in [0.15, 0.2) is 52.4 Å². The molecule has 1 atom stereocenters. The molecule has 3 aromatic heterocycles. The zero-order valence-electron chi connectivity index (χ0n) is 15.6. The average Bonchev–Trinajstić information content (AvgIpc) is 3.36. The number of nitrogens with one attached hydrogen (secondary N) is 1. The summed E-state index contributed by atoms with van der Waals surface area (Å²) in [4.78, 5) is 33.7. The first-order valence-corrected chi connectivity index (χ1v) is 11.4. The number of carbonyl (C=O) groups excluding carboxylic acids is 2. The van der Waals surface area contributed by atoms with Gasteiger partial charge in [0.05, 0.1) is 16.2 Å². The highest BCUT2D eigenvalue weighted by Gasteiger charge is 2.21. The Kier molecular flexibility index (Phi) is 5.80. The largest absolute Gasteiger partial charge is 0.366 e. The van der Waals surface area contributed by atoms with Gasteiger partial charge in [0.25, 0.3) is 5.91 Å². The van der Waals surface area contributed by atoms with Gasteiger partial charge < -0.3 is 11.1 Å². The van der Waals surface area contributed by atoms with E-state index < -0.39 is 11.2 Å². The van der Waals surface area contributed by atoms with Crippen LogP contribution >= 0.6 is 34.4 Å². The van der Waals surface area contributed by atoms with E-state index in [-0.39, 0.29) is 17.3 Å². The molecular formula is C20H15FN4O2S3. The van der Waals surface area contributed by atoms with Gasteiger partial charge in [0.1, 0.15) is 27.0 Å². The first-order valence-electron chi connectivity index (χ1n) is 8.77. The highest BCUT2D eigenvalue weighted by Crippen LogP contribution is 2.39. The molecule has 0 spiro atoms. The van der Waals surface area contributed by atoms with E-state index in [1.807, 2.05) is 5.38 Å². The third kappa shape index (κ3) is 4.07. The van der Waals surface area contributed by atoms with Crippen molar-refractivity contribution in [1.29, 1.82) is 0 Å². The van der Waals surface area contributed by atoms with Crippen LogP contribution in [-0.2, 0) is 4.79 Å². The van der Waals surface area contributed by atoms with Gasteiger partial charge in [-0.1, -0.05) is 23.9 Å². The molecule has 1 aromatic carbocycles. The molecule has 10 heteroatoms. The molecule has 0 fully saturated rings. The van der Waals surface area contributed by atoms with Gasteiger partial charge in [-0.25, -0.2) is 14.4 Å². The summed E-state index contributed by atoms with van der Waals surface area (Å²) in [6.45, 7) is 1.76. The minimum atomic E-state index is -0.591. The molecule has 0 aliphatic carbocycles. The van der Waals surface area contributed by atoms with Crippen molar-refractivity contribution < 1.29 is 14.0 Å². The van der Waals surface area contributed by atoms with E-state index in [4.69, 9.17) is 5.73 Å². The summed E-state index contributed by atoms with van der Waals surface area (Å²) in [5.41, 5.74) is 7.36. The Balaban J connectivity index is 1.61. The molecule has 0 aliphatic rings. The van der Waals surface area contributed by atoms with Crippen LogP contribution in [0.2, 0.25) is 0 Å². The Labute approximate surface area is 183 Å². The van der Waals surface area contributed by atoms with Crippen molar-refractivity contribution in [2.24, 2.45) is 5.73 Å². The maximum atomic E-state index is 13.3. The van der Waals surface area contributed by atoms with Gasteiger partial charge in [-0.15, -0.1) is 22.7 Å². The predicted molar refractivity (Wildman–Crippen MR) is 120 cm³/mol. The monoisotopic (exact) mass is 458 g/mol. The Morgan fingerprint density at radius 2 is 1.93 bits per heavy atom. The van der Waals surface area contributed by atoms with E-state index in [0.29, 0.717) is 10.0 Å². The van der Waals surface area contributed by atoms with Crippen molar-refractivity contribution in [2.45, 2.75) is 17.2 Å². The summed E-state index contributed by atoms with van der Waals surface area (Å²) < 4.78 is 13.3. The van der Waals surface area contributed by atoms with Crippen molar-refractivity contribution in [3.8, 4) is 11.1 Å². The number of aromatic nitrogens is 2. The standard InChI is InChI=1S/C20H15FN4O2S3/c1-10(17(27)25-18-13(16(22)26)6-7-28-18)30-20-15-14(8-29-19(15)23-9-24-20)11-2-4-12(21)5-3-11/h2-10H,1H3,(H2,22,26)(H,25,27)/t10-/m0/s1. The van der Waals surface area contributed by atoms with Crippen LogP contribution in [0.1, 0.15) is 17.3 Å². The number of hydrogen-bond donors (Lipinski definition) is 2. The topological polar surface area (TPSA) is 98.0 Å². The maximum Gasteiger partial charge on any atom is 0.251 e. The normalized spacial score (nSPS) is 12.1. The molecule has 6 nitrogen and oxygen atoms in total. The predicted octanol–water partition coefficient (Wildman–Crippen LogP) is 4.78. The van der Waals surface area contributed by atoms with Gasteiger partial charge in [0.15, 0.2) is 0 Å². The number of benzene rings is 1. The Morgan fingerprint density at radius 1 is 1.17 bits per heavy atom. The molecule has 0 bridgehead atoms. The second-order valence-electron chi connectivity index (χ2n) is 6.29. The van der Waals surface area contributed by atoms with Gasteiger partial charge >= 0.3 is 0 Å². The van der Waals surface area contributed by atoms with Crippen molar-refractivity contribution in [3.05, 3.63) is 58.8 Å². The van der Waals surface area contributed by atoms with E-state index in [1.165, 1.54) is 52.9 Å². The smallest absolute Gasteiger partial charge is 0.251 e. The lowest BCUT2D eigenvalue weighted by molar-refractivity contribution is -0.115. The summed E-state index contributed by atoms with van der Waals surface area (Å²) in [6.07, 6.45) is 1.46. The first kappa shape index (κ1) is 20.5. The summed E-state index contributed by atoms with van der Waals surface area (Å²) in [6, 6.07) is 7.80. The van der Waals surface area contributed by atoms with Gasteiger partial charge in [-0.3, -0.25) is 9.59 Å². The number of nitrogens with two attached hydrogens (primary N) is 1. The third-order valence-corrected chi connectivity index (χ3v) is 7.13. The average molecular weight is 459 g/mol. The summed E-state index contributed by atoms with van der Waals surface area (Å²) in [5, 5.41) is 7.82. The molecule has 0 saturated heterocycles. The lowest BCUT2D eigenvalue weighted by atomic mass is 10.1. The molecule has 30 heavy (non-hydrogen) atoms. The van der Waals surface area contributed by atoms with E-state index in [9.17, 15) is 14.0 Å². The van der Waals surface area contributed by atoms with Crippen molar-refractivity contribution >= 4 is 61.5 Å². The minimum absolute atomic E-state index is 0.268. The molecule has 3 N–H and O–H groups in total. The molecule has 4 aromatic rings. The van der Waals surface area contributed by atoms with Crippen molar-refractivity contribution in [2.75, 3.05) is 5.32 Å². The van der Waals surface area contributed by atoms with E-state index in [2.05, 4.69) is 15.3 Å². The highest BCUT2D eigenvalue weighted by molar-refractivity contribution is 8.00. The number of carbonyl (C=O) groups is 2. The Hall–Kier alpha value is -2.82. The third-order valence-electron chi connectivity index (χ3n) is 4.32. The molecule has 3 heterocycles. The number of nitrogens with zero attached hydrogens (tertiary/aromatic N) is 2. The van der Waals surface area contributed by atoms with Crippen LogP contribution in [0.5, 0.6) is 0 Å². The van der Waals surface area contributed by atoms with Crippen LogP contribution in [0.3, 0.4) is 0 Å². The number of amides is 2. The van der Waals surface area contributed by atoms with E-state index in [0.717, 1.165) is 21.3 Å². The highest BCUT2D eigenvalue weighted by atomic mass is 32.2. The molecule has 0 radical (unpaired) electrons. The van der Waals surface area contributed by atoms with E-state index in [1.54, 1.807) is 30.5 Å². The van der Waals surface area contributed by atoms with E-state index >= 15 is 0 Å². The quantitative estimate of drug-likeness (QED) is 0.320. The molecule has 0 aliphatic heterocycles. The fourth-order valence-electron chi connectivity index (χ4n) is 2.81. The molecule has 4 rings (SSSR count). The van der Waals surface area contributed by atoms with Crippen LogP contribution in [0, 0.1) is 5.82 Å². The van der Waals surface area contributed by atoms with Gasteiger partial charge in [-0.05, 0) is 36.1 Å². The fraction of sp³-hybridized carbons (Fsp3) is 0.100. The number of halogens is 1. The van der Waals surface area contributed by atoms with Gasteiger partial charge in [0.2, 0.25) is 5.91 Å². The second kappa shape index (κ2) is 8.50. The SMILES string of the molecule is C[C@H](Sc1ncnc2scc(-c3ccc(F)cc3)c12)C(=O)Nc1sccc1C(N)=O. The van der Waals surface area contributed by atoms with Crippen LogP contribution in [0.4, 0.5) is 9.39 Å². The lowest BCUT2D eigenvalue weighted by Crippen LogP contribution is -2.23. The number of thioether (sulfide) groups is 1. The summed E-state index contributed by atoms with van der Waals surface area (Å²) in [5.74, 6) is -1.17. The molecule has 0 saturated carbocycles. The summed E-state index contributed by atoms with van der Waals surface area (Å²) in [7, 11) is 0. The number of anilines is 1. The molecule has 152 valence electrons. The van der Waals surface area contributed by atoms with Gasteiger partial charge in [0, 0.05) is 10.9 Å². The zero-order chi connectivity index (χ0) is 21.3. The van der Waals surface area contributed by atoms with Crippen molar-refractivity contribution in [3.63, 3.8) is 0 Å². The van der Waals surface area contributed by atoms with Crippen LogP contribution < -0.4 is 11.1 Å². The Morgan fingerprint density at radius 3 is 2.67 bits per heavy atom. The van der Waals surface area contributed by atoms with Crippen LogP contribution in [0.25, 0.3) is 21.3 Å². The maximum absolute atomic E-state index is 13.3.